The Kier molecular flexibility index (Phi) is 6.73. The van der Waals surface area contributed by atoms with Crippen LogP contribution in [0.4, 0.5) is 11.4 Å². The van der Waals surface area contributed by atoms with Crippen molar-refractivity contribution < 1.29 is 19.1 Å². The second-order valence-corrected chi connectivity index (χ2v) is 9.12. The Balaban J connectivity index is 1.35. The monoisotopic (exact) mass is 500 g/mol. The van der Waals surface area contributed by atoms with Crippen LogP contribution < -0.4 is 14.8 Å². The molecule has 2 aliphatic rings. The summed E-state index contributed by atoms with van der Waals surface area (Å²) in [6.45, 7) is 0. The van der Waals surface area contributed by atoms with Crippen molar-refractivity contribution in [2.75, 3.05) is 25.3 Å². The summed E-state index contributed by atoms with van der Waals surface area (Å²) in [4.78, 5) is 37.2. The average Bonchev–Trinajstić information content (AvgIpc) is 3.23. The second-order valence-electron chi connectivity index (χ2n) is 8.18. The van der Waals surface area contributed by atoms with E-state index in [1.807, 2.05) is 54.6 Å². The zero-order chi connectivity index (χ0) is 25.1. The minimum absolute atomic E-state index is 0.0565. The van der Waals surface area contributed by atoms with Crippen LogP contribution in [0.5, 0.6) is 11.5 Å². The first-order chi connectivity index (χ1) is 17.6. The predicted octanol–water partition coefficient (Wildman–Crippen LogP) is 4.28. The molecule has 9 heteroatoms. The summed E-state index contributed by atoms with van der Waals surface area (Å²) in [6, 6.07) is 22.0. The lowest BCUT2D eigenvalue weighted by Gasteiger charge is -2.25. The molecule has 2 amide bonds. The molecule has 0 saturated carbocycles. The summed E-state index contributed by atoms with van der Waals surface area (Å²) in [5, 5.41) is 3.29. The van der Waals surface area contributed by atoms with Gasteiger partial charge in [-0.05, 0) is 17.7 Å². The molecule has 3 aromatic carbocycles. The van der Waals surface area contributed by atoms with Gasteiger partial charge < -0.3 is 14.8 Å². The molecule has 0 aliphatic carbocycles. The van der Waals surface area contributed by atoms with Gasteiger partial charge in [0.25, 0.3) is 5.91 Å². The van der Waals surface area contributed by atoms with E-state index in [1.165, 1.54) is 11.8 Å². The van der Waals surface area contributed by atoms with E-state index in [-0.39, 0.29) is 17.6 Å². The maximum absolute atomic E-state index is 13.4. The molecule has 2 aliphatic heterocycles. The molecular formula is C27H24N4O4S. The number of para-hydroxylation sites is 1. The third kappa shape index (κ3) is 4.83. The lowest BCUT2D eigenvalue weighted by atomic mass is 10.1. The first kappa shape index (κ1) is 23.6. The number of ether oxygens (including phenoxy) is 2. The third-order valence-electron chi connectivity index (χ3n) is 5.79. The van der Waals surface area contributed by atoms with E-state index in [9.17, 15) is 9.59 Å². The summed E-state index contributed by atoms with van der Waals surface area (Å²) in [5.41, 5.74) is 3.11. The number of methoxy groups -OCH3 is 2. The van der Waals surface area contributed by atoms with E-state index in [1.54, 1.807) is 37.3 Å². The Morgan fingerprint density at radius 1 is 1.00 bits per heavy atom. The molecule has 0 aromatic heterocycles. The number of benzene rings is 3. The van der Waals surface area contributed by atoms with Crippen LogP contribution in [-0.4, -0.2) is 53.7 Å². The van der Waals surface area contributed by atoms with Crippen molar-refractivity contribution in [2.24, 2.45) is 9.98 Å². The number of fused-ring (bicyclic) bond motifs is 3. The van der Waals surface area contributed by atoms with Crippen LogP contribution in [0.25, 0.3) is 0 Å². The minimum atomic E-state index is -0.544. The molecule has 8 nitrogen and oxygen atoms in total. The summed E-state index contributed by atoms with van der Waals surface area (Å²) >= 11 is 1.20. The number of thioether (sulfide) groups is 1. The van der Waals surface area contributed by atoms with Crippen LogP contribution in [-0.2, 0) is 16.0 Å². The van der Waals surface area contributed by atoms with Crippen LogP contribution in [0.3, 0.4) is 0 Å². The lowest BCUT2D eigenvalue weighted by molar-refractivity contribution is -0.124. The predicted molar refractivity (Wildman–Crippen MR) is 141 cm³/mol. The molecule has 2 heterocycles. The Bertz CT molecular complexity index is 1350. The van der Waals surface area contributed by atoms with E-state index in [0.29, 0.717) is 34.6 Å². The fourth-order valence-electron chi connectivity index (χ4n) is 4.08. The number of nitrogens with zero attached hydrogens (tertiary/aromatic N) is 3. The van der Waals surface area contributed by atoms with Gasteiger partial charge in [0.1, 0.15) is 23.4 Å². The molecule has 0 saturated heterocycles. The van der Waals surface area contributed by atoms with Gasteiger partial charge in [0.2, 0.25) is 5.91 Å². The smallest absolute Gasteiger partial charge is 0.259 e. The van der Waals surface area contributed by atoms with Crippen LogP contribution in [0.2, 0.25) is 0 Å². The highest BCUT2D eigenvalue weighted by molar-refractivity contribution is 8.14. The molecule has 0 unspecified atom stereocenters. The number of anilines is 1. The number of rotatable bonds is 7. The summed E-state index contributed by atoms with van der Waals surface area (Å²) in [7, 11) is 3.10. The maximum Gasteiger partial charge on any atom is 0.259 e. The number of amides is 2. The van der Waals surface area contributed by atoms with E-state index in [0.717, 1.165) is 16.8 Å². The quantitative estimate of drug-likeness (QED) is 0.523. The SMILES string of the molecule is COc1cc(NC(=O)CSC2=Nc3ccccc3C3=N[C@@H](Cc4ccccc4)C(=O)N23)cc(OC)c1. The molecule has 182 valence electrons. The highest BCUT2D eigenvalue weighted by Crippen LogP contribution is 2.34. The van der Waals surface area contributed by atoms with E-state index in [2.05, 4.69) is 5.32 Å². The van der Waals surface area contributed by atoms with Gasteiger partial charge in [0, 0.05) is 35.9 Å². The van der Waals surface area contributed by atoms with Gasteiger partial charge in [-0.1, -0.05) is 54.2 Å². The van der Waals surface area contributed by atoms with Crippen molar-refractivity contribution in [3.63, 3.8) is 0 Å². The Morgan fingerprint density at radius 3 is 2.42 bits per heavy atom. The maximum atomic E-state index is 13.4. The van der Waals surface area contributed by atoms with Gasteiger partial charge in [0.05, 0.1) is 25.7 Å². The zero-order valence-corrected chi connectivity index (χ0v) is 20.6. The van der Waals surface area contributed by atoms with Crippen molar-refractivity contribution in [2.45, 2.75) is 12.5 Å². The molecule has 36 heavy (non-hydrogen) atoms. The first-order valence-electron chi connectivity index (χ1n) is 11.3. The molecule has 0 spiro atoms. The summed E-state index contributed by atoms with van der Waals surface area (Å²) in [6.07, 6.45) is 0.498. The normalized spacial score (nSPS) is 16.0. The highest BCUT2D eigenvalue weighted by atomic mass is 32.2. The van der Waals surface area contributed by atoms with Gasteiger partial charge in [-0.25, -0.2) is 9.89 Å². The van der Waals surface area contributed by atoms with Crippen molar-refractivity contribution in [3.05, 3.63) is 83.9 Å². The third-order valence-corrected chi connectivity index (χ3v) is 6.73. The summed E-state index contributed by atoms with van der Waals surface area (Å²) < 4.78 is 10.5. The van der Waals surface area contributed by atoms with Crippen molar-refractivity contribution >= 4 is 46.0 Å². The number of aliphatic imine (C=N–C) groups is 2. The minimum Gasteiger partial charge on any atom is -0.497 e. The van der Waals surface area contributed by atoms with Gasteiger partial charge in [-0.15, -0.1) is 0 Å². The topological polar surface area (TPSA) is 92.6 Å². The van der Waals surface area contributed by atoms with E-state index in [4.69, 9.17) is 19.5 Å². The fourth-order valence-corrected chi connectivity index (χ4v) is 4.88. The summed E-state index contributed by atoms with van der Waals surface area (Å²) in [5.74, 6) is 1.38. The molecule has 1 atom stereocenters. The second kappa shape index (κ2) is 10.2. The molecule has 1 N–H and O–H groups in total. The molecular weight excluding hydrogens is 476 g/mol. The van der Waals surface area contributed by atoms with Gasteiger partial charge in [0.15, 0.2) is 5.17 Å². The Morgan fingerprint density at radius 2 is 1.69 bits per heavy atom. The largest absolute Gasteiger partial charge is 0.497 e. The molecule has 3 aromatic rings. The standard InChI is InChI=1S/C27H24N4O4S/c1-34-19-13-18(14-20(15-19)35-2)28-24(32)16-36-27-30-22-11-7-6-10-21(22)25-29-23(26(33)31(25)27)12-17-8-4-3-5-9-17/h3-11,13-15,23H,12,16H2,1-2H3,(H,28,32)/t23-/m0/s1. The number of nitrogens with one attached hydrogen (secondary N) is 1. The van der Waals surface area contributed by atoms with Gasteiger partial charge >= 0.3 is 0 Å². The Hall–Kier alpha value is -4.11. The average molecular weight is 501 g/mol. The number of hydrogen-bond acceptors (Lipinski definition) is 7. The van der Waals surface area contributed by atoms with Crippen molar-refractivity contribution in [3.8, 4) is 11.5 Å². The highest BCUT2D eigenvalue weighted by Gasteiger charge is 2.41. The van der Waals surface area contributed by atoms with Crippen molar-refractivity contribution in [1.82, 2.24) is 4.90 Å². The molecule has 0 fully saturated rings. The van der Waals surface area contributed by atoms with Crippen LogP contribution in [0.15, 0.2) is 82.8 Å². The lowest BCUT2D eigenvalue weighted by Crippen LogP contribution is -2.41. The first-order valence-corrected chi connectivity index (χ1v) is 12.3. The van der Waals surface area contributed by atoms with E-state index < -0.39 is 6.04 Å². The van der Waals surface area contributed by atoms with Crippen LogP contribution in [0, 0.1) is 0 Å². The number of carbonyl (C=O) groups is 2. The van der Waals surface area contributed by atoms with Crippen molar-refractivity contribution in [1.29, 1.82) is 0 Å². The molecule has 0 radical (unpaired) electrons. The van der Waals surface area contributed by atoms with Gasteiger partial charge in [-0.2, -0.15) is 0 Å². The number of amidine groups is 2. The number of hydrogen-bond donors (Lipinski definition) is 1. The zero-order valence-electron chi connectivity index (χ0n) is 19.8. The fraction of sp³-hybridized carbons (Fsp3) is 0.185. The number of carbonyl (C=O) groups excluding carboxylic acids is 2. The van der Waals surface area contributed by atoms with Gasteiger partial charge in [-0.3, -0.25) is 14.6 Å². The van der Waals surface area contributed by atoms with Crippen LogP contribution >= 0.6 is 11.8 Å². The molecule has 5 rings (SSSR count). The van der Waals surface area contributed by atoms with E-state index >= 15 is 0 Å². The Labute approximate surface area is 213 Å². The van der Waals surface area contributed by atoms with Crippen LogP contribution in [0.1, 0.15) is 11.1 Å². The molecule has 0 bridgehead atoms.